The Morgan fingerprint density at radius 3 is 2.05 bits per heavy atom. The summed E-state index contributed by atoms with van der Waals surface area (Å²) >= 11 is 0. The first kappa shape index (κ1) is 16.1. The molecule has 1 rings (SSSR count). The van der Waals surface area contributed by atoms with Gasteiger partial charge < -0.3 is 5.11 Å². The zero-order valence-electron chi connectivity index (χ0n) is 12.0. The lowest BCUT2D eigenvalue weighted by Gasteiger charge is -2.25. The highest BCUT2D eigenvalue weighted by molar-refractivity contribution is 7.89. The van der Waals surface area contributed by atoms with Gasteiger partial charge in [0.05, 0.1) is 11.0 Å². The normalized spacial score (nSPS) is 14.1. The number of benzene rings is 1. The standard InChI is InChI=1S/C14H23NO3S/c1-5-10-15(11(2)3)19(17,18)14-8-6-13(7-9-14)12(4)16/h6-9,11-12,16H,5,10H2,1-4H3. The van der Waals surface area contributed by atoms with Crippen molar-refractivity contribution in [3.63, 3.8) is 0 Å². The summed E-state index contributed by atoms with van der Waals surface area (Å²) in [4.78, 5) is 0.277. The molecule has 0 heterocycles. The summed E-state index contributed by atoms with van der Waals surface area (Å²) in [7, 11) is -3.45. The first-order valence-electron chi connectivity index (χ1n) is 6.60. The fourth-order valence-corrected chi connectivity index (χ4v) is 3.66. The molecule has 1 N–H and O–H groups in total. The molecule has 19 heavy (non-hydrogen) atoms. The molecule has 0 spiro atoms. The molecule has 0 saturated heterocycles. The fraction of sp³-hybridized carbons (Fsp3) is 0.571. The van der Waals surface area contributed by atoms with Crippen molar-refractivity contribution < 1.29 is 13.5 Å². The molecular formula is C14H23NO3S. The highest BCUT2D eigenvalue weighted by Crippen LogP contribution is 2.21. The number of rotatable bonds is 6. The molecule has 0 fully saturated rings. The molecule has 0 aromatic heterocycles. The molecule has 1 aromatic carbocycles. The predicted molar refractivity (Wildman–Crippen MR) is 76.4 cm³/mol. The first-order chi connectivity index (χ1) is 8.80. The maximum Gasteiger partial charge on any atom is 0.243 e. The highest BCUT2D eigenvalue weighted by atomic mass is 32.2. The van der Waals surface area contributed by atoms with E-state index < -0.39 is 16.1 Å². The number of sulfonamides is 1. The Kier molecular flexibility index (Phi) is 5.52. The van der Waals surface area contributed by atoms with E-state index in [0.29, 0.717) is 12.1 Å². The van der Waals surface area contributed by atoms with Crippen LogP contribution in [0.15, 0.2) is 29.2 Å². The van der Waals surface area contributed by atoms with Crippen molar-refractivity contribution >= 4 is 10.0 Å². The summed E-state index contributed by atoms with van der Waals surface area (Å²) in [5, 5.41) is 9.44. The van der Waals surface area contributed by atoms with Gasteiger partial charge in [-0.2, -0.15) is 4.31 Å². The number of hydrogen-bond donors (Lipinski definition) is 1. The Morgan fingerprint density at radius 1 is 1.16 bits per heavy atom. The van der Waals surface area contributed by atoms with E-state index in [0.717, 1.165) is 6.42 Å². The molecule has 108 valence electrons. The van der Waals surface area contributed by atoms with Crippen LogP contribution in [0.1, 0.15) is 45.8 Å². The van der Waals surface area contributed by atoms with Crippen LogP contribution >= 0.6 is 0 Å². The summed E-state index contributed by atoms with van der Waals surface area (Å²) in [5.41, 5.74) is 0.713. The minimum absolute atomic E-state index is 0.0682. The Morgan fingerprint density at radius 2 is 1.68 bits per heavy atom. The molecule has 0 amide bonds. The minimum Gasteiger partial charge on any atom is -0.389 e. The quantitative estimate of drug-likeness (QED) is 0.874. The van der Waals surface area contributed by atoms with Gasteiger partial charge in [0, 0.05) is 12.6 Å². The van der Waals surface area contributed by atoms with Crippen molar-refractivity contribution in [2.45, 2.75) is 51.2 Å². The zero-order chi connectivity index (χ0) is 14.6. The second-order valence-electron chi connectivity index (χ2n) is 4.95. The van der Waals surface area contributed by atoms with E-state index >= 15 is 0 Å². The minimum atomic E-state index is -3.45. The van der Waals surface area contributed by atoms with Crippen molar-refractivity contribution in [3.05, 3.63) is 29.8 Å². The molecule has 0 aliphatic heterocycles. The van der Waals surface area contributed by atoms with E-state index in [2.05, 4.69) is 0 Å². The van der Waals surface area contributed by atoms with Gasteiger partial charge in [-0.25, -0.2) is 8.42 Å². The van der Waals surface area contributed by atoms with Crippen LogP contribution in [0.5, 0.6) is 0 Å². The molecule has 5 heteroatoms. The van der Waals surface area contributed by atoms with Crippen molar-refractivity contribution in [1.29, 1.82) is 0 Å². The predicted octanol–water partition coefficient (Wildman–Crippen LogP) is 2.55. The van der Waals surface area contributed by atoms with E-state index in [4.69, 9.17) is 0 Å². The number of aliphatic hydroxyl groups is 1. The van der Waals surface area contributed by atoms with E-state index in [1.807, 2.05) is 20.8 Å². The Bertz CT molecular complexity index is 492. The summed E-state index contributed by atoms with van der Waals surface area (Å²) in [6.45, 7) is 7.87. The lowest BCUT2D eigenvalue weighted by atomic mass is 10.1. The van der Waals surface area contributed by atoms with E-state index in [1.165, 1.54) is 4.31 Å². The van der Waals surface area contributed by atoms with E-state index in [-0.39, 0.29) is 10.9 Å². The maximum absolute atomic E-state index is 12.5. The Balaban J connectivity index is 3.11. The van der Waals surface area contributed by atoms with Crippen LogP contribution in [0, 0.1) is 0 Å². The summed E-state index contributed by atoms with van der Waals surface area (Å²) in [6, 6.07) is 6.36. The number of hydrogen-bond acceptors (Lipinski definition) is 3. The third-order valence-electron chi connectivity index (χ3n) is 2.99. The summed E-state index contributed by atoms with van der Waals surface area (Å²) in [6.07, 6.45) is 0.192. The third-order valence-corrected chi connectivity index (χ3v) is 5.08. The third kappa shape index (κ3) is 3.78. The second-order valence-corrected chi connectivity index (χ2v) is 6.85. The average Bonchev–Trinajstić information content (AvgIpc) is 2.35. The van der Waals surface area contributed by atoms with Crippen molar-refractivity contribution in [1.82, 2.24) is 4.31 Å². The van der Waals surface area contributed by atoms with Crippen LogP contribution in [0.3, 0.4) is 0 Å². The van der Waals surface area contributed by atoms with Gasteiger partial charge in [-0.3, -0.25) is 0 Å². The second kappa shape index (κ2) is 6.50. The van der Waals surface area contributed by atoms with E-state index in [9.17, 15) is 13.5 Å². The SMILES string of the molecule is CCCN(C(C)C)S(=O)(=O)c1ccc(C(C)O)cc1. The van der Waals surface area contributed by atoms with Crippen LogP contribution in [-0.2, 0) is 10.0 Å². The van der Waals surface area contributed by atoms with Gasteiger partial charge >= 0.3 is 0 Å². The topological polar surface area (TPSA) is 57.6 Å². The lowest BCUT2D eigenvalue weighted by Crippen LogP contribution is -2.37. The largest absolute Gasteiger partial charge is 0.389 e. The zero-order valence-corrected chi connectivity index (χ0v) is 12.8. The number of aliphatic hydroxyl groups excluding tert-OH is 1. The average molecular weight is 285 g/mol. The van der Waals surface area contributed by atoms with Crippen LogP contribution in [-0.4, -0.2) is 30.4 Å². The molecular weight excluding hydrogens is 262 g/mol. The van der Waals surface area contributed by atoms with Crippen LogP contribution in [0.4, 0.5) is 0 Å². The van der Waals surface area contributed by atoms with Gasteiger partial charge in [0.2, 0.25) is 10.0 Å². The molecule has 0 aliphatic rings. The molecule has 0 aliphatic carbocycles. The highest BCUT2D eigenvalue weighted by Gasteiger charge is 2.26. The van der Waals surface area contributed by atoms with Crippen LogP contribution in [0.25, 0.3) is 0 Å². The molecule has 1 atom stereocenters. The fourth-order valence-electron chi connectivity index (χ4n) is 1.93. The molecule has 1 aromatic rings. The molecule has 0 bridgehead atoms. The monoisotopic (exact) mass is 285 g/mol. The molecule has 4 nitrogen and oxygen atoms in total. The van der Waals surface area contributed by atoms with Gasteiger partial charge in [0.1, 0.15) is 0 Å². The molecule has 1 unspecified atom stereocenters. The van der Waals surface area contributed by atoms with Crippen molar-refractivity contribution in [2.75, 3.05) is 6.54 Å². The summed E-state index contributed by atoms with van der Waals surface area (Å²) in [5.74, 6) is 0. The van der Waals surface area contributed by atoms with Crippen molar-refractivity contribution in [3.8, 4) is 0 Å². The maximum atomic E-state index is 12.5. The van der Waals surface area contributed by atoms with Gasteiger partial charge in [-0.15, -0.1) is 0 Å². The smallest absolute Gasteiger partial charge is 0.243 e. The Hall–Kier alpha value is -0.910. The van der Waals surface area contributed by atoms with Crippen molar-refractivity contribution in [2.24, 2.45) is 0 Å². The first-order valence-corrected chi connectivity index (χ1v) is 8.04. The van der Waals surface area contributed by atoms with Gasteiger partial charge in [-0.05, 0) is 44.9 Å². The Labute approximate surface area is 116 Å². The van der Waals surface area contributed by atoms with E-state index in [1.54, 1.807) is 31.2 Å². The van der Waals surface area contributed by atoms with Gasteiger partial charge in [-0.1, -0.05) is 19.1 Å². The van der Waals surface area contributed by atoms with Gasteiger partial charge in [0.15, 0.2) is 0 Å². The van der Waals surface area contributed by atoms with Crippen LogP contribution < -0.4 is 0 Å². The number of nitrogens with zero attached hydrogens (tertiary/aromatic N) is 1. The van der Waals surface area contributed by atoms with Crippen LogP contribution in [0.2, 0.25) is 0 Å². The van der Waals surface area contributed by atoms with Gasteiger partial charge in [0.25, 0.3) is 0 Å². The molecule has 0 saturated carbocycles. The summed E-state index contributed by atoms with van der Waals surface area (Å²) < 4.78 is 26.5. The lowest BCUT2D eigenvalue weighted by molar-refractivity contribution is 0.199. The molecule has 0 radical (unpaired) electrons.